The Hall–Kier alpha value is -0.950. The van der Waals surface area contributed by atoms with E-state index in [1.165, 1.54) is 0 Å². The third kappa shape index (κ3) is 2.53. The summed E-state index contributed by atoms with van der Waals surface area (Å²) in [6.07, 6.45) is 0. The highest BCUT2D eigenvalue weighted by atomic mass is 35.5. The van der Waals surface area contributed by atoms with Gasteiger partial charge in [0.25, 0.3) is 0 Å². The average molecular weight is 299 g/mol. The Balaban J connectivity index is 2.10. The van der Waals surface area contributed by atoms with E-state index in [9.17, 15) is 0 Å². The highest BCUT2D eigenvalue weighted by Crippen LogP contribution is 2.35. The summed E-state index contributed by atoms with van der Waals surface area (Å²) < 4.78 is 6.43. The van der Waals surface area contributed by atoms with Crippen molar-refractivity contribution in [1.82, 2.24) is 9.97 Å². The Bertz CT molecular complexity index is 595. The first-order valence-electron chi connectivity index (χ1n) is 6.20. The fourth-order valence-electron chi connectivity index (χ4n) is 2.12. The van der Waals surface area contributed by atoms with Crippen molar-refractivity contribution in [3.8, 4) is 0 Å². The summed E-state index contributed by atoms with van der Waals surface area (Å²) in [7, 11) is 0. The second-order valence-corrected chi connectivity index (χ2v) is 5.99. The molecule has 2 aromatic rings. The van der Waals surface area contributed by atoms with Crippen molar-refractivity contribution in [2.24, 2.45) is 5.73 Å². The van der Waals surface area contributed by atoms with E-state index in [4.69, 9.17) is 22.1 Å². The number of fused-ring (bicyclic) bond motifs is 1. The molecule has 3 rings (SSSR count). The summed E-state index contributed by atoms with van der Waals surface area (Å²) in [6, 6.07) is 2.00. The van der Waals surface area contributed by atoms with Gasteiger partial charge in [-0.1, -0.05) is 0 Å². The average Bonchev–Trinajstić information content (AvgIpc) is 2.82. The maximum atomic E-state index is 6.03. The van der Waals surface area contributed by atoms with Crippen molar-refractivity contribution in [3.63, 3.8) is 0 Å². The van der Waals surface area contributed by atoms with Gasteiger partial charge in [-0.3, -0.25) is 0 Å². The van der Waals surface area contributed by atoms with Crippen LogP contribution in [0.5, 0.6) is 0 Å². The number of nitrogens with two attached hydrogens (primary N) is 1. The Kier molecular flexibility index (Phi) is 3.58. The van der Waals surface area contributed by atoms with Gasteiger partial charge in [0.15, 0.2) is 5.82 Å². The highest BCUT2D eigenvalue weighted by molar-refractivity contribution is 7.19. The lowest BCUT2D eigenvalue weighted by molar-refractivity contribution is 0.122. The molecule has 1 saturated heterocycles. The summed E-state index contributed by atoms with van der Waals surface area (Å²) in [5, 5.41) is 0.281. The van der Waals surface area contributed by atoms with Crippen LogP contribution in [-0.4, -0.2) is 36.3 Å². The van der Waals surface area contributed by atoms with Gasteiger partial charge in [-0.05, 0) is 24.6 Å². The van der Waals surface area contributed by atoms with Crippen LogP contribution < -0.4 is 10.6 Å². The first kappa shape index (κ1) is 13.1. The molecule has 1 atom stereocenters. The van der Waals surface area contributed by atoms with Crippen LogP contribution >= 0.6 is 22.9 Å². The van der Waals surface area contributed by atoms with Crippen LogP contribution in [0.15, 0.2) is 6.07 Å². The summed E-state index contributed by atoms with van der Waals surface area (Å²) in [6.45, 7) is 5.05. The molecule has 0 aliphatic carbocycles. The minimum Gasteiger partial charge on any atom is -0.378 e. The number of hydrogen-bond donors (Lipinski definition) is 1. The second-order valence-electron chi connectivity index (χ2n) is 4.57. The summed E-state index contributed by atoms with van der Waals surface area (Å²) in [5.74, 6) is 0.898. The normalized spacial score (nSPS) is 17.9. The van der Waals surface area contributed by atoms with Crippen LogP contribution in [0.25, 0.3) is 10.2 Å². The zero-order valence-corrected chi connectivity index (χ0v) is 12.2. The molecule has 3 heterocycles. The molecule has 0 spiro atoms. The topological polar surface area (TPSA) is 64.3 Å². The number of ether oxygens (including phenoxy) is 1. The van der Waals surface area contributed by atoms with Crippen molar-refractivity contribution in [2.75, 3.05) is 31.2 Å². The first-order chi connectivity index (χ1) is 9.15. The molecule has 0 bridgehead atoms. The molecule has 1 aliphatic heterocycles. The van der Waals surface area contributed by atoms with Crippen molar-refractivity contribution in [3.05, 3.63) is 16.2 Å². The SMILES string of the molecule is CC(N)c1cc2nc(Cl)nc(N3CCOCC3)c2s1. The van der Waals surface area contributed by atoms with Crippen LogP contribution in [-0.2, 0) is 4.74 Å². The monoisotopic (exact) mass is 298 g/mol. The molecule has 0 aromatic carbocycles. The predicted octanol–water partition coefficient (Wildman–Crippen LogP) is 2.20. The molecular weight excluding hydrogens is 284 g/mol. The minimum absolute atomic E-state index is 0.00415. The Morgan fingerprint density at radius 3 is 2.84 bits per heavy atom. The molecule has 102 valence electrons. The molecule has 0 radical (unpaired) electrons. The zero-order valence-electron chi connectivity index (χ0n) is 10.6. The predicted molar refractivity (Wildman–Crippen MR) is 78.1 cm³/mol. The minimum atomic E-state index is -0.00415. The van der Waals surface area contributed by atoms with Crippen molar-refractivity contribution in [1.29, 1.82) is 0 Å². The smallest absolute Gasteiger partial charge is 0.224 e. The molecule has 7 heteroatoms. The molecular formula is C12H15ClN4OS. The van der Waals surface area contributed by atoms with Crippen LogP contribution in [0.4, 0.5) is 5.82 Å². The molecule has 2 N–H and O–H groups in total. The van der Waals surface area contributed by atoms with E-state index in [0.29, 0.717) is 13.2 Å². The van der Waals surface area contributed by atoms with Gasteiger partial charge in [0, 0.05) is 24.0 Å². The standard InChI is InChI=1S/C12H15ClN4OS/c1-7(14)9-6-8-10(19-9)11(16-12(13)15-8)17-2-4-18-5-3-17/h6-7H,2-5,14H2,1H3. The lowest BCUT2D eigenvalue weighted by Crippen LogP contribution is -2.36. The lowest BCUT2D eigenvalue weighted by Gasteiger charge is -2.28. The van der Waals surface area contributed by atoms with E-state index in [0.717, 1.165) is 34.0 Å². The number of hydrogen-bond acceptors (Lipinski definition) is 6. The molecule has 1 aliphatic rings. The van der Waals surface area contributed by atoms with E-state index in [1.54, 1.807) is 11.3 Å². The molecule has 0 amide bonds. The van der Waals surface area contributed by atoms with Gasteiger partial charge < -0.3 is 15.4 Å². The van der Waals surface area contributed by atoms with Crippen molar-refractivity contribution >= 4 is 39.0 Å². The summed E-state index contributed by atoms with van der Waals surface area (Å²) in [5.41, 5.74) is 6.81. The number of anilines is 1. The summed E-state index contributed by atoms with van der Waals surface area (Å²) >= 11 is 7.67. The number of morpholine rings is 1. The van der Waals surface area contributed by atoms with E-state index in [-0.39, 0.29) is 11.3 Å². The third-order valence-electron chi connectivity index (χ3n) is 3.10. The number of halogens is 1. The molecule has 1 fully saturated rings. The van der Waals surface area contributed by atoms with Gasteiger partial charge in [0.05, 0.1) is 23.4 Å². The highest BCUT2D eigenvalue weighted by Gasteiger charge is 2.19. The molecule has 0 saturated carbocycles. The number of rotatable bonds is 2. The Morgan fingerprint density at radius 1 is 1.42 bits per heavy atom. The van der Waals surface area contributed by atoms with E-state index < -0.39 is 0 Å². The first-order valence-corrected chi connectivity index (χ1v) is 7.40. The maximum Gasteiger partial charge on any atom is 0.224 e. The van der Waals surface area contributed by atoms with Crippen LogP contribution in [0.2, 0.25) is 5.28 Å². The second kappa shape index (κ2) is 5.20. The van der Waals surface area contributed by atoms with Gasteiger partial charge in [0.1, 0.15) is 0 Å². The fourth-order valence-corrected chi connectivity index (χ4v) is 3.36. The van der Waals surface area contributed by atoms with Crippen LogP contribution in [0.1, 0.15) is 17.8 Å². The van der Waals surface area contributed by atoms with E-state index in [1.807, 2.05) is 13.0 Å². The van der Waals surface area contributed by atoms with Crippen molar-refractivity contribution < 1.29 is 4.74 Å². The largest absolute Gasteiger partial charge is 0.378 e. The van der Waals surface area contributed by atoms with E-state index >= 15 is 0 Å². The maximum absolute atomic E-state index is 6.03. The number of aromatic nitrogens is 2. The number of nitrogens with zero attached hydrogens (tertiary/aromatic N) is 3. The number of thiophene rings is 1. The lowest BCUT2D eigenvalue weighted by atomic mass is 10.3. The van der Waals surface area contributed by atoms with Gasteiger partial charge in [-0.15, -0.1) is 11.3 Å². The molecule has 19 heavy (non-hydrogen) atoms. The van der Waals surface area contributed by atoms with Gasteiger partial charge >= 0.3 is 0 Å². The Morgan fingerprint density at radius 2 is 2.16 bits per heavy atom. The fraction of sp³-hybridized carbons (Fsp3) is 0.500. The van der Waals surface area contributed by atoms with Gasteiger partial charge in [0.2, 0.25) is 5.28 Å². The Labute approximate surface area is 120 Å². The summed E-state index contributed by atoms with van der Waals surface area (Å²) in [4.78, 5) is 12.0. The van der Waals surface area contributed by atoms with Crippen LogP contribution in [0, 0.1) is 0 Å². The van der Waals surface area contributed by atoms with Crippen molar-refractivity contribution in [2.45, 2.75) is 13.0 Å². The molecule has 5 nitrogen and oxygen atoms in total. The van der Waals surface area contributed by atoms with E-state index in [2.05, 4.69) is 14.9 Å². The third-order valence-corrected chi connectivity index (χ3v) is 4.60. The molecule has 1 unspecified atom stereocenters. The zero-order chi connectivity index (χ0) is 13.4. The van der Waals surface area contributed by atoms with Crippen LogP contribution in [0.3, 0.4) is 0 Å². The van der Waals surface area contributed by atoms with Gasteiger partial charge in [-0.2, -0.15) is 4.98 Å². The van der Waals surface area contributed by atoms with Gasteiger partial charge in [-0.25, -0.2) is 4.98 Å². The quantitative estimate of drug-likeness (QED) is 0.861. The molecule has 2 aromatic heterocycles.